The standard InChI is InChI=1S/C10H16N3PS.C2H6/c15-6-3-9-7-11-8-10(12-9)13-4-1-2-5-14-13;1-2/h7-8,14-15H,1-6H2;1-2H3. The van der Waals surface area contributed by atoms with Crippen LogP contribution in [0.25, 0.3) is 0 Å². The van der Waals surface area contributed by atoms with Gasteiger partial charge in [-0.1, -0.05) is 13.8 Å². The Morgan fingerprint density at radius 2 is 2.18 bits per heavy atom. The van der Waals surface area contributed by atoms with Crippen LogP contribution in [0.5, 0.6) is 0 Å². The molecule has 0 amide bonds. The van der Waals surface area contributed by atoms with E-state index in [0.717, 1.165) is 39.0 Å². The lowest BCUT2D eigenvalue weighted by Gasteiger charge is -2.27. The zero-order chi connectivity index (χ0) is 12.5. The molecule has 1 aliphatic heterocycles. The molecule has 1 unspecified atom stereocenters. The molecule has 5 heteroatoms. The molecule has 1 atom stereocenters. The summed E-state index contributed by atoms with van der Waals surface area (Å²) in [5.74, 6) is 1.88. The van der Waals surface area contributed by atoms with E-state index in [2.05, 4.69) is 27.3 Å². The van der Waals surface area contributed by atoms with E-state index in [4.69, 9.17) is 0 Å². The van der Waals surface area contributed by atoms with E-state index < -0.39 is 0 Å². The predicted molar refractivity (Wildman–Crippen MR) is 80.7 cm³/mol. The van der Waals surface area contributed by atoms with Crippen LogP contribution in [0.3, 0.4) is 0 Å². The Morgan fingerprint density at radius 1 is 1.35 bits per heavy atom. The largest absolute Gasteiger partial charge is 0.337 e. The molecule has 0 aliphatic carbocycles. The van der Waals surface area contributed by atoms with Crippen LogP contribution in [-0.2, 0) is 6.42 Å². The predicted octanol–water partition coefficient (Wildman–Crippen LogP) is 3.17. The van der Waals surface area contributed by atoms with Gasteiger partial charge in [0.15, 0.2) is 0 Å². The van der Waals surface area contributed by atoms with E-state index >= 15 is 0 Å². The summed E-state index contributed by atoms with van der Waals surface area (Å²) >= 11 is 4.21. The maximum absolute atomic E-state index is 4.61. The van der Waals surface area contributed by atoms with Crippen LogP contribution in [0.2, 0.25) is 0 Å². The van der Waals surface area contributed by atoms with Crippen molar-refractivity contribution in [1.29, 1.82) is 0 Å². The fourth-order valence-corrected chi connectivity index (χ4v) is 3.14. The number of anilines is 1. The van der Waals surface area contributed by atoms with Crippen LogP contribution < -0.4 is 4.67 Å². The second-order valence-corrected chi connectivity index (χ2v) is 5.41. The first-order valence-corrected chi connectivity index (χ1v) is 8.11. The molecule has 2 rings (SSSR count). The molecule has 0 saturated carbocycles. The monoisotopic (exact) mass is 271 g/mol. The summed E-state index contributed by atoms with van der Waals surface area (Å²) in [6.45, 7) is 5.14. The Bertz CT molecular complexity index is 316. The Balaban J connectivity index is 0.000000686. The first-order chi connectivity index (χ1) is 8.40. The van der Waals surface area contributed by atoms with Crippen molar-refractivity contribution in [2.75, 3.05) is 23.1 Å². The molecular formula is C12H22N3PS. The molecule has 96 valence electrons. The topological polar surface area (TPSA) is 29.0 Å². The van der Waals surface area contributed by atoms with E-state index in [-0.39, 0.29) is 0 Å². The average molecular weight is 271 g/mol. The number of rotatable bonds is 3. The van der Waals surface area contributed by atoms with Gasteiger partial charge in [0.2, 0.25) is 0 Å². The van der Waals surface area contributed by atoms with Gasteiger partial charge in [-0.2, -0.15) is 12.6 Å². The third-order valence-corrected chi connectivity index (χ3v) is 4.06. The fourth-order valence-electron chi connectivity index (χ4n) is 1.64. The number of hydrogen-bond acceptors (Lipinski definition) is 4. The third kappa shape index (κ3) is 4.81. The first-order valence-electron chi connectivity index (χ1n) is 6.33. The Morgan fingerprint density at radius 3 is 2.82 bits per heavy atom. The number of aromatic nitrogens is 2. The van der Waals surface area contributed by atoms with Gasteiger partial charge < -0.3 is 4.67 Å². The second kappa shape index (κ2) is 8.71. The lowest BCUT2D eigenvalue weighted by atomic mass is 10.3. The Labute approximate surface area is 112 Å². The van der Waals surface area contributed by atoms with Crippen molar-refractivity contribution in [3.63, 3.8) is 0 Å². The maximum atomic E-state index is 4.61. The summed E-state index contributed by atoms with van der Waals surface area (Å²) in [5, 5.41) is 0. The van der Waals surface area contributed by atoms with Gasteiger partial charge in [0.25, 0.3) is 0 Å². The van der Waals surface area contributed by atoms with Gasteiger partial charge in [-0.05, 0) is 33.5 Å². The molecular weight excluding hydrogens is 249 g/mol. The fraction of sp³-hybridized carbons (Fsp3) is 0.667. The lowest BCUT2D eigenvalue weighted by Crippen LogP contribution is -2.20. The van der Waals surface area contributed by atoms with Crippen molar-refractivity contribution in [3.05, 3.63) is 18.1 Å². The quantitative estimate of drug-likeness (QED) is 0.676. The highest BCUT2D eigenvalue weighted by Crippen LogP contribution is 2.30. The minimum Gasteiger partial charge on any atom is -0.337 e. The molecule has 1 aliphatic rings. The van der Waals surface area contributed by atoms with E-state index in [1.165, 1.54) is 19.0 Å². The van der Waals surface area contributed by atoms with E-state index in [1.54, 1.807) is 0 Å². The number of thiol groups is 1. The van der Waals surface area contributed by atoms with Crippen LogP contribution in [0.4, 0.5) is 5.82 Å². The molecule has 0 N–H and O–H groups in total. The van der Waals surface area contributed by atoms with Gasteiger partial charge in [0, 0.05) is 19.2 Å². The molecule has 0 bridgehead atoms. The van der Waals surface area contributed by atoms with Crippen molar-refractivity contribution in [2.24, 2.45) is 0 Å². The minimum atomic E-state index is 0.834. The normalized spacial score (nSPS) is 16.5. The molecule has 3 nitrogen and oxygen atoms in total. The molecule has 1 saturated heterocycles. The molecule has 0 spiro atoms. The molecule has 0 radical (unpaired) electrons. The summed E-state index contributed by atoms with van der Waals surface area (Å²) in [6.07, 6.45) is 8.57. The summed E-state index contributed by atoms with van der Waals surface area (Å²) in [4.78, 5) is 8.85. The van der Waals surface area contributed by atoms with Gasteiger partial charge in [-0.3, -0.25) is 4.98 Å². The van der Waals surface area contributed by atoms with Crippen LogP contribution in [0, 0.1) is 0 Å². The van der Waals surface area contributed by atoms with E-state index in [0.29, 0.717) is 0 Å². The lowest BCUT2D eigenvalue weighted by molar-refractivity contribution is 0.776. The van der Waals surface area contributed by atoms with Crippen LogP contribution in [0.15, 0.2) is 12.4 Å². The second-order valence-electron chi connectivity index (χ2n) is 3.61. The summed E-state index contributed by atoms with van der Waals surface area (Å²) < 4.78 is 2.36. The highest BCUT2D eigenvalue weighted by molar-refractivity contribution is 7.80. The van der Waals surface area contributed by atoms with Crippen LogP contribution in [-0.4, -0.2) is 28.4 Å². The zero-order valence-corrected chi connectivity index (χ0v) is 12.6. The molecule has 17 heavy (non-hydrogen) atoms. The molecule has 2 heterocycles. The summed E-state index contributed by atoms with van der Waals surface area (Å²) in [6, 6.07) is 0. The van der Waals surface area contributed by atoms with E-state index in [1.807, 2.05) is 26.2 Å². The SMILES string of the molecule is CC.SCCc1cncc(N2CCCCP2)n1. The zero-order valence-electron chi connectivity index (χ0n) is 10.7. The van der Waals surface area contributed by atoms with Gasteiger partial charge in [0.1, 0.15) is 5.82 Å². The van der Waals surface area contributed by atoms with Gasteiger partial charge in [-0.25, -0.2) is 4.98 Å². The summed E-state index contributed by atoms with van der Waals surface area (Å²) in [7, 11) is 0.880. The third-order valence-electron chi connectivity index (χ3n) is 2.43. The Kier molecular flexibility index (Phi) is 7.54. The molecule has 1 aromatic rings. The molecule has 0 aromatic carbocycles. The number of aryl methyl sites for hydroxylation is 1. The van der Waals surface area contributed by atoms with E-state index in [9.17, 15) is 0 Å². The maximum Gasteiger partial charge on any atom is 0.150 e. The van der Waals surface area contributed by atoms with Crippen molar-refractivity contribution in [1.82, 2.24) is 9.97 Å². The van der Waals surface area contributed by atoms with Gasteiger partial charge >= 0.3 is 0 Å². The molecule has 1 aromatic heterocycles. The van der Waals surface area contributed by atoms with Crippen molar-refractivity contribution >= 4 is 27.2 Å². The average Bonchev–Trinajstić information content (AvgIpc) is 2.43. The number of hydrogen-bond donors (Lipinski definition) is 1. The highest BCUT2D eigenvalue weighted by Gasteiger charge is 2.12. The first kappa shape index (κ1) is 14.7. The highest BCUT2D eigenvalue weighted by atomic mass is 32.1. The van der Waals surface area contributed by atoms with Crippen LogP contribution >= 0.6 is 21.4 Å². The summed E-state index contributed by atoms with van der Waals surface area (Å²) in [5.41, 5.74) is 1.05. The van der Waals surface area contributed by atoms with Crippen LogP contribution in [0.1, 0.15) is 32.4 Å². The van der Waals surface area contributed by atoms with Crippen molar-refractivity contribution in [2.45, 2.75) is 33.1 Å². The van der Waals surface area contributed by atoms with Crippen molar-refractivity contribution < 1.29 is 0 Å². The Hall–Kier alpha value is -0.340. The smallest absolute Gasteiger partial charge is 0.150 e. The minimum absolute atomic E-state index is 0.834. The van der Waals surface area contributed by atoms with Gasteiger partial charge in [-0.15, -0.1) is 0 Å². The van der Waals surface area contributed by atoms with Gasteiger partial charge in [0.05, 0.1) is 11.9 Å². The molecule has 1 fully saturated rings. The number of nitrogens with zero attached hydrogens (tertiary/aromatic N) is 3. The van der Waals surface area contributed by atoms with Crippen molar-refractivity contribution in [3.8, 4) is 0 Å².